The Morgan fingerprint density at radius 1 is 1.60 bits per heavy atom. The third-order valence-electron chi connectivity index (χ3n) is 2.03. The number of aryl methyl sites for hydroxylation is 1. The molecule has 0 N–H and O–H groups in total. The quantitative estimate of drug-likeness (QED) is 0.416. The van der Waals surface area contributed by atoms with Crippen LogP contribution in [0.1, 0.15) is 11.4 Å². The van der Waals surface area contributed by atoms with Gasteiger partial charge in [-0.2, -0.15) is 5.10 Å². The lowest BCUT2D eigenvalue weighted by atomic mass is 10.3. The molecule has 1 aromatic heterocycles. The standard InChI is InChI=1S/C8H11N3O4/c1-5-8(11(13)14)6(2)10(9-5)4-7(12)15-3/h4H2,1-3H3. The molecule has 0 amide bonds. The predicted molar refractivity (Wildman–Crippen MR) is 50.4 cm³/mol. The summed E-state index contributed by atoms with van der Waals surface area (Å²) >= 11 is 0. The summed E-state index contributed by atoms with van der Waals surface area (Å²) in [5, 5.41) is 14.5. The molecule has 82 valence electrons. The molecule has 0 spiro atoms. The van der Waals surface area contributed by atoms with E-state index in [-0.39, 0.29) is 12.2 Å². The van der Waals surface area contributed by atoms with Gasteiger partial charge in [0.05, 0.1) is 12.0 Å². The monoisotopic (exact) mass is 213 g/mol. The first-order chi connectivity index (χ1) is 6.97. The number of carbonyl (C=O) groups excluding carboxylic acids is 1. The Kier molecular flexibility index (Phi) is 3.03. The van der Waals surface area contributed by atoms with E-state index in [9.17, 15) is 14.9 Å². The van der Waals surface area contributed by atoms with E-state index in [1.807, 2.05) is 0 Å². The zero-order valence-electron chi connectivity index (χ0n) is 8.68. The van der Waals surface area contributed by atoms with E-state index in [1.54, 1.807) is 6.92 Å². The number of aromatic nitrogens is 2. The third kappa shape index (κ3) is 2.12. The topological polar surface area (TPSA) is 87.3 Å². The Morgan fingerprint density at radius 2 is 2.20 bits per heavy atom. The van der Waals surface area contributed by atoms with Crippen molar-refractivity contribution in [2.75, 3.05) is 7.11 Å². The molecule has 15 heavy (non-hydrogen) atoms. The van der Waals surface area contributed by atoms with Gasteiger partial charge in [0.1, 0.15) is 17.9 Å². The van der Waals surface area contributed by atoms with Crippen LogP contribution in [0.3, 0.4) is 0 Å². The van der Waals surface area contributed by atoms with Crippen molar-refractivity contribution < 1.29 is 14.5 Å². The van der Waals surface area contributed by atoms with E-state index >= 15 is 0 Å². The second-order valence-electron chi connectivity index (χ2n) is 3.01. The SMILES string of the molecule is COC(=O)Cn1nc(C)c([N+](=O)[O-])c1C. The van der Waals surface area contributed by atoms with Gasteiger partial charge in [-0.25, -0.2) is 0 Å². The summed E-state index contributed by atoms with van der Waals surface area (Å²) in [6.45, 7) is 2.96. The fourth-order valence-corrected chi connectivity index (χ4v) is 1.29. The minimum Gasteiger partial charge on any atom is -0.468 e. The van der Waals surface area contributed by atoms with Gasteiger partial charge in [0, 0.05) is 0 Å². The summed E-state index contributed by atoms with van der Waals surface area (Å²) < 4.78 is 5.71. The van der Waals surface area contributed by atoms with Crippen molar-refractivity contribution in [3.63, 3.8) is 0 Å². The summed E-state index contributed by atoms with van der Waals surface area (Å²) in [6, 6.07) is 0. The highest BCUT2D eigenvalue weighted by Crippen LogP contribution is 2.21. The first-order valence-electron chi connectivity index (χ1n) is 4.22. The van der Waals surface area contributed by atoms with Gasteiger partial charge in [-0.05, 0) is 13.8 Å². The van der Waals surface area contributed by atoms with Crippen LogP contribution in [0.4, 0.5) is 5.69 Å². The number of nitro groups is 1. The largest absolute Gasteiger partial charge is 0.468 e. The van der Waals surface area contributed by atoms with Crippen molar-refractivity contribution in [3.8, 4) is 0 Å². The minimum atomic E-state index is -0.508. The molecule has 0 atom stereocenters. The van der Waals surface area contributed by atoms with Crippen LogP contribution in [0.15, 0.2) is 0 Å². The first kappa shape index (κ1) is 11.2. The fourth-order valence-electron chi connectivity index (χ4n) is 1.29. The van der Waals surface area contributed by atoms with Crippen LogP contribution >= 0.6 is 0 Å². The van der Waals surface area contributed by atoms with E-state index in [2.05, 4.69) is 9.84 Å². The Labute approximate surface area is 85.8 Å². The van der Waals surface area contributed by atoms with Gasteiger partial charge >= 0.3 is 11.7 Å². The molecule has 0 saturated carbocycles. The van der Waals surface area contributed by atoms with Crippen LogP contribution in [0.25, 0.3) is 0 Å². The number of esters is 1. The molecule has 0 unspecified atom stereocenters. The summed E-state index contributed by atoms with van der Waals surface area (Å²) in [7, 11) is 1.25. The number of nitrogens with zero attached hydrogens (tertiary/aromatic N) is 3. The van der Waals surface area contributed by atoms with Crippen molar-refractivity contribution in [2.24, 2.45) is 0 Å². The lowest BCUT2D eigenvalue weighted by molar-refractivity contribution is -0.386. The van der Waals surface area contributed by atoms with E-state index in [0.29, 0.717) is 11.4 Å². The zero-order chi connectivity index (χ0) is 11.6. The van der Waals surface area contributed by atoms with E-state index < -0.39 is 10.9 Å². The van der Waals surface area contributed by atoms with Crippen molar-refractivity contribution in [2.45, 2.75) is 20.4 Å². The Morgan fingerprint density at radius 3 is 2.60 bits per heavy atom. The molecule has 0 aromatic carbocycles. The van der Waals surface area contributed by atoms with Gasteiger partial charge < -0.3 is 4.74 Å². The average Bonchev–Trinajstić information content (AvgIpc) is 2.41. The van der Waals surface area contributed by atoms with Crippen LogP contribution in [0.2, 0.25) is 0 Å². The predicted octanol–water partition coefficient (Wildman–Crippen LogP) is 0.581. The number of methoxy groups -OCH3 is 1. The van der Waals surface area contributed by atoms with E-state index in [4.69, 9.17) is 0 Å². The molecular formula is C8H11N3O4. The second-order valence-corrected chi connectivity index (χ2v) is 3.01. The molecule has 0 radical (unpaired) electrons. The smallest absolute Gasteiger partial charge is 0.327 e. The average molecular weight is 213 g/mol. The number of rotatable bonds is 3. The molecule has 7 nitrogen and oxygen atoms in total. The third-order valence-corrected chi connectivity index (χ3v) is 2.03. The van der Waals surface area contributed by atoms with Crippen molar-refractivity contribution in [1.82, 2.24) is 9.78 Å². The number of ether oxygens (including phenoxy) is 1. The van der Waals surface area contributed by atoms with Crippen molar-refractivity contribution >= 4 is 11.7 Å². The Bertz CT molecular complexity index is 410. The zero-order valence-corrected chi connectivity index (χ0v) is 8.68. The van der Waals surface area contributed by atoms with E-state index in [1.165, 1.54) is 18.7 Å². The van der Waals surface area contributed by atoms with Crippen LogP contribution in [0, 0.1) is 24.0 Å². The number of hydrogen-bond acceptors (Lipinski definition) is 5. The van der Waals surface area contributed by atoms with Crippen LogP contribution in [-0.2, 0) is 16.1 Å². The van der Waals surface area contributed by atoms with Gasteiger partial charge in [0.2, 0.25) is 0 Å². The number of carbonyl (C=O) groups is 1. The number of hydrogen-bond donors (Lipinski definition) is 0. The summed E-state index contributed by atoms with van der Waals surface area (Å²) in [4.78, 5) is 21.1. The Hall–Kier alpha value is -1.92. The summed E-state index contributed by atoms with van der Waals surface area (Å²) in [5.41, 5.74) is 0.586. The normalized spacial score (nSPS) is 10.1. The maximum Gasteiger partial charge on any atom is 0.327 e. The summed E-state index contributed by atoms with van der Waals surface area (Å²) in [6.07, 6.45) is 0. The lowest BCUT2D eigenvalue weighted by Gasteiger charge is -2.00. The molecule has 1 rings (SSSR count). The van der Waals surface area contributed by atoms with Crippen LogP contribution < -0.4 is 0 Å². The van der Waals surface area contributed by atoms with Crippen molar-refractivity contribution in [3.05, 3.63) is 21.5 Å². The van der Waals surface area contributed by atoms with Gasteiger partial charge in [0.15, 0.2) is 0 Å². The van der Waals surface area contributed by atoms with Gasteiger partial charge in [-0.1, -0.05) is 0 Å². The molecular weight excluding hydrogens is 202 g/mol. The minimum absolute atomic E-state index is 0.0566. The Balaban J connectivity index is 3.07. The van der Waals surface area contributed by atoms with Gasteiger partial charge in [-0.15, -0.1) is 0 Å². The molecule has 0 aliphatic heterocycles. The highest BCUT2D eigenvalue weighted by atomic mass is 16.6. The maximum atomic E-state index is 11.0. The van der Waals surface area contributed by atoms with E-state index in [0.717, 1.165) is 0 Å². The molecule has 7 heteroatoms. The molecule has 0 bridgehead atoms. The molecule has 0 aliphatic rings. The molecule has 0 aliphatic carbocycles. The highest BCUT2D eigenvalue weighted by Gasteiger charge is 2.22. The van der Waals surface area contributed by atoms with Gasteiger partial charge in [0.25, 0.3) is 0 Å². The second kappa shape index (κ2) is 4.07. The van der Waals surface area contributed by atoms with Crippen LogP contribution in [-0.4, -0.2) is 27.8 Å². The maximum absolute atomic E-state index is 11.0. The summed E-state index contributed by atoms with van der Waals surface area (Å²) in [5.74, 6) is -0.490. The highest BCUT2D eigenvalue weighted by molar-refractivity contribution is 5.69. The lowest BCUT2D eigenvalue weighted by Crippen LogP contribution is -2.14. The van der Waals surface area contributed by atoms with Gasteiger partial charge in [-0.3, -0.25) is 19.6 Å². The van der Waals surface area contributed by atoms with Crippen LogP contribution in [0.5, 0.6) is 0 Å². The molecule has 0 fully saturated rings. The fraction of sp³-hybridized carbons (Fsp3) is 0.500. The molecule has 1 heterocycles. The van der Waals surface area contributed by atoms with Crippen molar-refractivity contribution in [1.29, 1.82) is 0 Å². The first-order valence-corrected chi connectivity index (χ1v) is 4.22. The molecule has 1 aromatic rings. The molecule has 0 saturated heterocycles.